The molecule has 1 N–H and O–H groups in total. The fourth-order valence-corrected chi connectivity index (χ4v) is 2.00. The van der Waals surface area contributed by atoms with Crippen LogP contribution in [0.1, 0.15) is 51.1 Å². The predicted octanol–water partition coefficient (Wildman–Crippen LogP) is 3.93. The number of rotatable bonds is 8. The molecule has 0 bridgehead atoms. The van der Waals surface area contributed by atoms with E-state index >= 15 is 0 Å². The van der Waals surface area contributed by atoms with Gasteiger partial charge in [0.05, 0.1) is 7.11 Å². The molecule has 0 radical (unpaired) electrons. The first-order chi connectivity index (χ1) is 8.29. The molecule has 0 spiro atoms. The van der Waals surface area contributed by atoms with Crippen LogP contribution in [-0.4, -0.2) is 13.7 Å². The van der Waals surface area contributed by atoms with Gasteiger partial charge in [-0.2, -0.15) is 0 Å². The summed E-state index contributed by atoms with van der Waals surface area (Å²) in [6, 6.07) is 8.57. The minimum absolute atomic E-state index is 0.354. The number of para-hydroxylation sites is 1. The third kappa shape index (κ3) is 4.78. The van der Waals surface area contributed by atoms with E-state index in [0.717, 1.165) is 12.3 Å². The van der Waals surface area contributed by atoms with Crippen molar-refractivity contribution in [1.29, 1.82) is 0 Å². The molecule has 1 aromatic rings. The highest BCUT2D eigenvalue weighted by Crippen LogP contribution is 2.24. The summed E-state index contributed by atoms with van der Waals surface area (Å²) in [5.74, 6) is 0.973. The maximum atomic E-state index is 5.37. The summed E-state index contributed by atoms with van der Waals surface area (Å²) in [6.07, 6.45) is 5.21. The minimum atomic E-state index is 0.354. The van der Waals surface area contributed by atoms with E-state index in [0.29, 0.717) is 6.04 Å². The van der Waals surface area contributed by atoms with E-state index in [1.54, 1.807) is 7.11 Å². The third-order valence-corrected chi connectivity index (χ3v) is 3.09. The van der Waals surface area contributed by atoms with Crippen LogP contribution in [0.5, 0.6) is 5.75 Å². The first-order valence-corrected chi connectivity index (χ1v) is 6.66. The Bertz CT molecular complexity index is 312. The van der Waals surface area contributed by atoms with Gasteiger partial charge in [-0.3, -0.25) is 0 Å². The Morgan fingerprint density at radius 3 is 2.65 bits per heavy atom. The highest BCUT2D eigenvalue weighted by Gasteiger charge is 2.09. The Morgan fingerprint density at radius 2 is 1.94 bits per heavy atom. The molecule has 0 unspecified atom stereocenters. The van der Waals surface area contributed by atoms with E-state index in [9.17, 15) is 0 Å². The lowest BCUT2D eigenvalue weighted by atomic mass is 10.1. The number of unbranched alkanes of at least 4 members (excludes halogenated alkanes) is 3. The molecule has 2 nitrogen and oxygen atoms in total. The van der Waals surface area contributed by atoms with Gasteiger partial charge >= 0.3 is 0 Å². The van der Waals surface area contributed by atoms with Crippen LogP contribution >= 0.6 is 0 Å². The summed E-state index contributed by atoms with van der Waals surface area (Å²) in [7, 11) is 1.73. The van der Waals surface area contributed by atoms with Crippen molar-refractivity contribution in [1.82, 2.24) is 5.32 Å². The van der Waals surface area contributed by atoms with Gasteiger partial charge in [0.15, 0.2) is 0 Å². The Labute approximate surface area is 105 Å². The van der Waals surface area contributed by atoms with Crippen LogP contribution in [0.4, 0.5) is 0 Å². The van der Waals surface area contributed by atoms with Gasteiger partial charge in [0.1, 0.15) is 5.75 Å². The Kier molecular flexibility index (Phi) is 6.71. The van der Waals surface area contributed by atoms with E-state index in [4.69, 9.17) is 4.74 Å². The summed E-state index contributed by atoms with van der Waals surface area (Å²) in [4.78, 5) is 0. The number of hydrogen-bond acceptors (Lipinski definition) is 2. The summed E-state index contributed by atoms with van der Waals surface area (Å²) < 4.78 is 5.37. The van der Waals surface area contributed by atoms with Crippen molar-refractivity contribution in [2.45, 2.75) is 45.6 Å². The van der Waals surface area contributed by atoms with E-state index in [1.165, 1.54) is 31.2 Å². The summed E-state index contributed by atoms with van der Waals surface area (Å²) in [5.41, 5.74) is 1.24. The van der Waals surface area contributed by atoms with E-state index in [1.807, 2.05) is 12.1 Å². The fourth-order valence-electron chi connectivity index (χ4n) is 2.00. The molecule has 1 aromatic carbocycles. The lowest BCUT2D eigenvalue weighted by molar-refractivity contribution is 0.401. The SMILES string of the molecule is CCCCCCN[C@@H](C)c1ccccc1OC. The van der Waals surface area contributed by atoms with Gasteiger partial charge in [-0.25, -0.2) is 0 Å². The van der Waals surface area contributed by atoms with Crippen LogP contribution in [0.15, 0.2) is 24.3 Å². The highest BCUT2D eigenvalue weighted by molar-refractivity contribution is 5.35. The van der Waals surface area contributed by atoms with Gasteiger partial charge in [-0.1, -0.05) is 44.4 Å². The lowest BCUT2D eigenvalue weighted by Gasteiger charge is -2.17. The summed E-state index contributed by atoms with van der Waals surface area (Å²) in [5, 5.41) is 3.55. The second kappa shape index (κ2) is 8.13. The van der Waals surface area contributed by atoms with Crippen molar-refractivity contribution in [3.63, 3.8) is 0 Å². The number of hydrogen-bond donors (Lipinski definition) is 1. The maximum absolute atomic E-state index is 5.37. The topological polar surface area (TPSA) is 21.3 Å². The summed E-state index contributed by atoms with van der Waals surface area (Å²) in [6.45, 7) is 5.52. The van der Waals surface area contributed by atoms with Gasteiger partial charge < -0.3 is 10.1 Å². The molecule has 0 aliphatic heterocycles. The average Bonchev–Trinajstić information content (AvgIpc) is 2.38. The number of ether oxygens (including phenoxy) is 1. The molecule has 0 aliphatic rings. The Balaban J connectivity index is 2.38. The van der Waals surface area contributed by atoms with E-state index in [-0.39, 0.29) is 0 Å². The van der Waals surface area contributed by atoms with Crippen molar-refractivity contribution < 1.29 is 4.74 Å². The molecule has 0 aliphatic carbocycles. The molecule has 96 valence electrons. The van der Waals surface area contributed by atoms with Crippen LogP contribution in [0.3, 0.4) is 0 Å². The highest BCUT2D eigenvalue weighted by atomic mass is 16.5. The van der Waals surface area contributed by atoms with E-state index < -0.39 is 0 Å². The van der Waals surface area contributed by atoms with Gasteiger partial charge in [0.25, 0.3) is 0 Å². The quantitative estimate of drug-likeness (QED) is 0.689. The molecule has 0 saturated carbocycles. The zero-order chi connectivity index (χ0) is 12.5. The van der Waals surface area contributed by atoms with Crippen LogP contribution in [0.2, 0.25) is 0 Å². The van der Waals surface area contributed by atoms with Crippen molar-refractivity contribution in [3.05, 3.63) is 29.8 Å². The maximum Gasteiger partial charge on any atom is 0.123 e. The molecule has 0 heterocycles. The predicted molar refractivity (Wildman–Crippen MR) is 73.6 cm³/mol. The smallest absolute Gasteiger partial charge is 0.123 e. The minimum Gasteiger partial charge on any atom is -0.496 e. The molecule has 0 aromatic heterocycles. The second-order valence-corrected chi connectivity index (χ2v) is 4.48. The average molecular weight is 235 g/mol. The molecule has 2 heteroatoms. The van der Waals surface area contributed by atoms with Crippen LogP contribution in [0, 0.1) is 0 Å². The van der Waals surface area contributed by atoms with Crippen LogP contribution < -0.4 is 10.1 Å². The third-order valence-electron chi connectivity index (χ3n) is 3.09. The molecule has 17 heavy (non-hydrogen) atoms. The standard InChI is InChI=1S/C15H25NO/c1-4-5-6-9-12-16-13(2)14-10-7-8-11-15(14)17-3/h7-8,10-11,13,16H,4-6,9,12H2,1-3H3/t13-/m0/s1. The molecule has 0 saturated heterocycles. The molecular formula is C15H25NO. The molecule has 0 amide bonds. The number of methoxy groups -OCH3 is 1. The van der Waals surface area contributed by atoms with Crippen LogP contribution in [0.25, 0.3) is 0 Å². The van der Waals surface area contributed by atoms with Crippen molar-refractivity contribution in [2.75, 3.05) is 13.7 Å². The van der Waals surface area contributed by atoms with Gasteiger partial charge in [0.2, 0.25) is 0 Å². The largest absolute Gasteiger partial charge is 0.496 e. The second-order valence-electron chi connectivity index (χ2n) is 4.48. The molecule has 0 fully saturated rings. The number of nitrogens with one attached hydrogen (secondary N) is 1. The van der Waals surface area contributed by atoms with Crippen molar-refractivity contribution in [2.24, 2.45) is 0 Å². The summed E-state index contributed by atoms with van der Waals surface area (Å²) >= 11 is 0. The molecule has 1 atom stereocenters. The Hall–Kier alpha value is -1.02. The lowest BCUT2D eigenvalue weighted by Crippen LogP contribution is -2.20. The monoisotopic (exact) mass is 235 g/mol. The van der Waals surface area contributed by atoms with Gasteiger partial charge in [0, 0.05) is 11.6 Å². The van der Waals surface area contributed by atoms with Crippen LogP contribution in [-0.2, 0) is 0 Å². The first-order valence-electron chi connectivity index (χ1n) is 6.66. The molecule has 1 rings (SSSR count). The van der Waals surface area contributed by atoms with Gasteiger partial charge in [-0.15, -0.1) is 0 Å². The van der Waals surface area contributed by atoms with Crippen molar-refractivity contribution in [3.8, 4) is 5.75 Å². The first kappa shape index (κ1) is 14.0. The normalized spacial score (nSPS) is 12.4. The zero-order valence-corrected chi connectivity index (χ0v) is 11.3. The molecular weight excluding hydrogens is 210 g/mol. The van der Waals surface area contributed by atoms with Crippen molar-refractivity contribution >= 4 is 0 Å². The van der Waals surface area contributed by atoms with E-state index in [2.05, 4.69) is 31.3 Å². The number of benzene rings is 1. The van der Waals surface area contributed by atoms with Gasteiger partial charge in [-0.05, 0) is 26.0 Å². The Morgan fingerprint density at radius 1 is 1.18 bits per heavy atom. The fraction of sp³-hybridized carbons (Fsp3) is 0.600. The zero-order valence-electron chi connectivity index (χ0n) is 11.3.